The number of nitrogens with one attached hydrogen (secondary N) is 2. The first-order chi connectivity index (χ1) is 14.5. The molecule has 1 fully saturated rings. The molecule has 1 aliphatic heterocycles. The van der Waals surface area contributed by atoms with E-state index in [0.717, 1.165) is 63.1 Å². The summed E-state index contributed by atoms with van der Waals surface area (Å²) in [5.74, 6) is 1.73. The van der Waals surface area contributed by atoms with E-state index in [1.54, 1.807) is 7.11 Å². The van der Waals surface area contributed by atoms with Crippen molar-refractivity contribution in [3.05, 3.63) is 29.3 Å². The van der Waals surface area contributed by atoms with Crippen molar-refractivity contribution in [1.82, 2.24) is 15.5 Å². The minimum absolute atomic E-state index is 0.0272. The first kappa shape index (κ1) is 24.4. The van der Waals surface area contributed by atoms with Gasteiger partial charge in [-0.15, -0.1) is 0 Å². The van der Waals surface area contributed by atoms with E-state index in [0.29, 0.717) is 19.8 Å². The summed E-state index contributed by atoms with van der Waals surface area (Å²) in [6.07, 6.45) is 0.869. The van der Waals surface area contributed by atoms with Gasteiger partial charge in [-0.05, 0) is 39.3 Å². The number of hydrogen-bond acceptors (Lipinski definition) is 5. The average molecular weight is 421 g/mol. The Morgan fingerprint density at radius 2 is 1.97 bits per heavy atom. The number of hydrogen-bond donors (Lipinski definition) is 2. The van der Waals surface area contributed by atoms with Gasteiger partial charge >= 0.3 is 0 Å². The van der Waals surface area contributed by atoms with Crippen LogP contribution in [0.5, 0.6) is 5.75 Å². The highest BCUT2D eigenvalue weighted by atomic mass is 16.5. The zero-order valence-electron chi connectivity index (χ0n) is 19.4. The van der Waals surface area contributed by atoms with Crippen LogP contribution in [0.15, 0.2) is 23.2 Å². The van der Waals surface area contributed by atoms with Crippen LogP contribution >= 0.6 is 0 Å². The van der Waals surface area contributed by atoms with E-state index in [4.69, 9.17) is 19.2 Å². The Morgan fingerprint density at radius 3 is 2.67 bits per heavy atom. The van der Waals surface area contributed by atoms with Crippen LogP contribution in [0.1, 0.15) is 38.3 Å². The van der Waals surface area contributed by atoms with Crippen molar-refractivity contribution < 1.29 is 14.2 Å². The third-order valence-electron chi connectivity index (χ3n) is 5.28. The number of ether oxygens (including phenoxy) is 3. The van der Waals surface area contributed by atoms with Gasteiger partial charge in [0.25, 0.3) is 0 Å². The minimum Gasteiger partial charge on any atom is -0.493 e. The van der Waals surface area contributed by atoms with Crippen LogP contribution in [-0.2, 0) is 16.0 Å². The Bertz CT molecular complexity index is 658. The van der Waals surface area contributed by atoms with Gasteiger partial charge in [-0.1, -0.05) is 12.1 Å². The van der Waals surface area contributed by atoms with Crippen molar-refractivity contribution in [2.24, 2.45) is 4.99 Å². The second-order valence-electron chi connectivity index (χ2n) is 8.27. The molecule has 0 saturated carbocycles. The second-order valence-corrected chi connectivity index (χ2v) is 8.27. The predicted molar refractivity (Wildman–Crippen MR) is 122 cm³/mol. The number of aliphatic imine (C=N–C) groups is 1. The van der Waals surface area contributed by atoms with Crippen LogP contribution in [0.3, 0.4) is 0 Å². The SMILES string of the molecule is CCNC(=NCc1ccc(C)cc1OCCCOC)NCC(C)(C)N1CCOCC1. The minimum atomic E-state index is 0.0272. The van der Waals surface area contributed by atoms with E-state index in [9.17, 15) is 0 Å². The molecule has 7 nitrogen and oxygen atoms in total. The number of nitrogens with zero attached hydrogens (tertiary/aromatic N) is 2. The van der Waals surface area contributed by atoms with Crippen LogP contribution in [0.4, 0.5) is 0 Å². The van der Waals surface area contributed by atoms with Crippen molar-refractivity contribution >= 4 is 5.96 Å². The molecule has 0 aliphatic carbocycles. The Hall–Kier alpha value is -1.83. The van der Waals surface area contributed by atoms with Crippen LogP contribution in [0, 0.1) is 6.92 Å². The van der Waals surface area contributed by atoms with E-state index in [-0.39, 0.29) is 5.54 Å². The van der Waals surface area contributed by atoms with Gasteiger partial charge in [0.1, 0.15) is 5.75 Å². The molecule has 170 valence electrons. The molecule has 1 heterocycles. The zero-order valence-corrected chi connectivity index (χ0v) is 19.4. The Labute approximate surface area is 182 Å². The molecular formula is C23H40N4O3. The highest BCUT2D eigenvalue weighted by molar-refractivity contribution is 5.79. The molecule has 30 heavy (non-hydrogen) atoms. The van der Waals surface area contributed by atoms with Gasteiger partial charge in [-0.3, -0.25) is 4.90 Å². The van der Waals surface area contributed by atoms with Crippen LogP contribution in [0.25, 0.3) is 0 Å². The Morgan fingerprint density at radius 1 is 1.20 bits per heavy atom. The van der Waals surface area contributed by atoms with Gasteiger partial charge < -0.3 is 24.8 Å². The predicted octanol–water partition coefficient (Wildman–Crippen LogP) is 2.58. The van der Waals surface area contributed by atoms with Gasteiger partial charge in [0.15, 0.2) is 5.96 Å². The van der Waals surface area contributed by atoms with E-state index < -0.39 is 0 Å². The second kappa shape index (κ2) is 12.8. The van der Waals surface area contributed by atoms with Gasteiger partial charge in [0.2, 0.25) is 0 Å². The molecule has 0 radical (unpaired) electrons. The van der Waals surface area contributed by atoms with Gasteiger partial charge in [-0.2, -0.15) is 0 Å². The third kappa shape index (κ3) is 8.13. The van der Waals surface area contributed by atoms with Crippen molar-refractivity contribution in [2.45, 2.75) is 46.2 Å². The molecule has 1 aromatic carbocycles. The fourth-order valence-electron chi connectivity index (χ4n) is 3.40. The summed E-state index contributed by atoms with van der Waals surface area (Å²) >= 11 is 0. The summed E-state index contributed by atoms with van der Waals surface area (Å²) < 4.78 is 16.6. The van der Waals surface area contributed by atoms with E-state index in [1.807, 2.05) is 0 Å². The molecule has 0 spiro atoms. The number of benzene rings is 1. The highest BCUT2D eigenvalue weighted by Gasteiger charge is 2.28. The van der Waals surface area contributed by atoms with Crippen molar-refractivity contribution in [3.8, 4) is 5.75 Å². The summed E-state index contributed by atoms with van der Waals surface area (Å²) in [6, 6.07) is 6.29. The third-order valence-corrected chi connectivity index (χ3v) is 5.28. The quantitative estimate of drug-likeness (QED) is 0.326. The lowest BCUT2D eigenvalue weighted by molar-refractivity contribution is -0.00834. The van der Waals surface area contributed by atoms with E-state index >= 15 is 0 Å². The smallest absolute Gasteiger partial charge is 0.191 e. The highest BCUT2D eigenvalue weighted by Crippen LogP contribution is 2.21. The standard InChI is InChI=1S/C23H40N4O3/c1-6-24-22(26-18-23(3,4)27-10-14-29-15-11-27)25-17-20-9-8-19(2)16-21(20)30-13-7-12-28-5/h8-9,16H,6-7,10-15,17-18H2,1-5H3,(H2,24,25,26). The lowest BCUT2D eigenvalue weighted by Gasteiger charge is -2.41. The molecule has 0 atom stereocenters. The van der Waals surface area contributed by atoms with Gasteiger partial charge in [-0.25, -0.2) is 4.99 Å². The summed E-state index contributed by atoms with van der Waals surface area (Å²) in [4.78, 5) is 7.28. The van der Waals surface area contributed by atoms with Crippen molar-refractivity contribution in [3.63, 3.8) is 0 Å². The fraction of sp³-hybridized carbons (Fsp3) is 0.696. The van der Waals surface area contributed by atoms with E-state index in [1.165, 1.54) is 5.56 Å². The summed E-state index contributed by atoms with van der Waals surface area (Å²) in [6.45, 7) is 15.8. The largest absolute Gasteiger partial charge is 0.493 e. The normalized spacial score (nSPS) is 15.8. The van der Waals surface area contributed by atoms with Crippen LogP contribution in [-0.4, -0.2) is 76.1 Å². The van der Waals surface area contributed by atoms with Gasteiger partial charge in [0, 0.05) is 57.4 Å². The Kier molecular flexibility index (Phi) is 10.4. The molecule has 1 aliphatic rings. The number of rotatable bonds is 11. The average Bonchev–Trinajstić information content (AvgIpc) is 2.75. The molecule has 1 saturated heterocycles. The molecule has 2 rings (SSSR count). The number of morpholine rings is 1. The molecule has 0 unspecified atom stereocenters. The molecule has 0 amide bonds. The summed E-state index contributed by atoms with van der Waals surface area (Å²) in [5.41, 5.74) is 2.30. The lowest BCUT2D eigenvalue weighted by atomic mass is 10.0. The lowest BCUT2D eigenvalue weighted by Crippen LogP contribution is -2.56. The maximum absolute atomic E-state index is 6.00. The number of guanidine groups is 1. The van der Waals surface area contributed by atoms with Crippen LogP contribution in [0.2, 0.25) is 0 Å². The zero-order chi connectivity index (χ0) is 21.8. The maximum atomic E-state index is 6.00. The number of aryl methyl sites for hydroxylation is 1. The summed E-state index contributed by atoms with van der Waals surface area (Å²) in [7, 11) is 1.71. The van der Waals surface area contributed by atoms with Crippen LogP contribution < -0.4 is 15.4 Å². The molecule has 0 aromatic heterocycles. The monoisotopic (exact) mass is 420 g/mol. The molecule has 2 N–H and O–H groups in total. The maximum Gasteiger partial charge on any atom is 0.191 e. The van der Waals surface area contributed by atoms with Gasteiger partial charge in [0.05, 0.1) is 26.4 Å². The molecule has 0 bridgehead atoms. The first-order valence-corrected chi connectivity index (χ1v) is 11.0. The van der Waals surface area contributed by atoms with Crippen molar-refractivity contribution in [1.29, 1.82) is 0 Å². The molecule has 1 aromatic rings. The number of methoxy groups -OCH3 is 1. The van der Waals surface area contributed by atoms with E-state index in [2.05, 4.69) is 61.4 Å². The topological polar surface area (TPSA) is 67.4 Å². The summed E-state index contributed by atoms with van der Waals surface area (Å²) in [5, 5.41) is 6.88. The molecular weight excluding hydrogens is 380 g/mol. The van der Waals surface area contributed by atoms with Crippen molar-refractivity contribution in [2.75, 3.05) is 59.7 Å². The fourth-order valence-corrected chi connectivity index (χ4v) is 3.40. The first-order valence-electron chi connectivity index (χ1n) is 11.0. The molecule has 7 heteroatoms. The Balaban J connectivity index is 1.99.